The van der Waals surface area contributed by atoms with Gasteiger partial charge in [-0.2, -0.15) is 0 Å². The van der Waals surface area contributed by atoms with E-state index in [-0.39, 0.29) is 0 Å². The van der Waals surface area contributed by atoms with Crippen LogP contribution in [0.1, 0.15) is 45.4 Å². The van der Waals surface area contributed by atoms with Crippen molar-refractivity contribution in [2.24, 2.45) is 0 Å². The molecule has 0 aliphatic carbocycles. The monoisotopic (exact) mass is 226 g/mol. The largest absolute Gasteiger partial charge is 0.381 e. The molecule has 3 unspecified atom stereocenters. The van der Waals surface area contributed by atoms with Crippen molar-refractivity contribution in [3.63, 3.8) is 0 Å². The van der Waals surface area contributed by atoms with E-state index < -0.39 is 0 Å². The summed E-state index contributed by atoms with van der Waals surface area (Å²) in [5, 5.41) is 7.34. The fraction of sp³-hybridized carbons (Fsp3) is 1.00. The molecule has 2 rings (SSSR count). The Hall–Kier alpha value is -0.120. The van der Waals surface area contributed by atoms with Crippen LogP contribution in [-0.2, 0) is 4.74 Å². The highest BCUT2D eigenvalue weighted by Crippen LogP contribution is 2.13. The minimum Gasteiger partial charge on any atom is -0.381 e. The van der Waals surface area contributed by atoms with Gasteiger partial charge in [-0.05, 0) is 52.0 Å². The summed E-state index contributed by atoms with van der Waals surface area (Å²) in [6, 6.07) is 2.07. The van der Waals surface area contributed by atoms with Crippen LogP contribution >= 0.6 is 0 Å². The number of hydrogen-bond acceptors (Lipinski definition) is 3. The molecule has 0 amide bonds. The molecule has 0 aromatic heterocycles. The lowest BCUT2D eigenvalue weighted by atomic mass is 10.0. The van der Waals surface area contributed by atoms with E-state index in [4.69, 9.17) is 4.74 Å². The number of ether oxygens (including phenoxy) is 1. The normalized spacial score (nSPS) is 33.6. The Morgan fingerprint density at radius 2 is 2.19 bits per heavy atom. The van der Waals surface area contributed by atoms with E-state index in [1.807, 2.05) is 0 Å². The molecular formula is C13H26N2O. The van der Waals surface area contributed by atoms with Crippen molar-refractivity contribution >= 4 is 0 Å². The van der Waals surface area contributed by atoms with Crippen LogP contribution in [0, 0.1) is 0 Å². The first-order valence-corrected chi connectivity index (χ1v) is 6.92. The van der Waals surface area contributed by atoms with E-state index in [9.17, 15) is 0 Å². The fourth-order valence-corrected chi connectivity index (χ4v) is 2.93. The van der Waals surface area contributed by atoms with Gasteiger partial charge in [-0.25, -0.2) is 0 Å². The Balaban J connectivity index is 1.66. The molecule has 2 heterocycles. The third-order valence-corrected chi connectivity index (χ3v) is 3.77. The molecule has 3 nitrogen and oxygen atoms in total. The van der Waals surface area contributed by atoms with Gasteiger partial charge in [0.15, 0.2) is 0 Å². The summed E-state index contributed by atoms with van der Waals surface area (Å²) in [6.07, 6.45) is 7.67. The SMILES string of the molecule is CC(CC1CCCN1)NC1CCCOCC1. The third-order valence-electron chi connectivity index (χ3n) is 3.77. The molecule has 16 heavy (non-hydrogen) atoms. The standard InChI is InChI=1S/C13H26N2O/c1-11(10-13-4-2-7-14-13)15-12-5-3-8-16-9-6-12/h11-15H,2-10H2,1H3. The Morgan fingerprint density at radius 1 is 1.25 bits per heavy atom. The molecule has 0 bridgehead atoms. The lowest BCUT2D eigenvalue weighted by Crippen LogP contribution is -2.40. The first-order valence-electron chi connectivity index (χ1n) is 6.92. The van der Waals surface area contributed by atoms with Crippen LogP contribution in [0.25, 0.3) is 0 Å². The Labute approximate surface area is 99.3 Å². The van der Waals surface area contributed by atoms with Gasteiger partial charge in [0.05, 0.1) is 0 Å². The molecule has 3 heteroatoms. The van der Waals surface area contributed by atoms with Crippen molar-refractivity contribution in [3.05, 3.63) is 0 Å². The zero-order valence-electron chi connectivity index (χ0n) is 10.5. The highest BCUT2D eigenvalue weighted by Gasteiger charge is 2.19. The lowest BCUT2D eigenvalue weighted by molar-refractivity contribution is 0.142. The molecule has 2 aliphatic heterocycles. The van der Waals surface area contributed by atoms with Crippen molar-refractivity contribution < 1.29 is 4.74 Å². The molecule has 2 aliphatic rings. The van der Waals surface area contributed by atoms with Crippen molar-refractivity contribution in [2.75, 3.05) is 19.8 Å². The Kier molecular flexibility index (Phi) is 5.07. The van der Waals surface area contributed by atoms with Gasteiger partial charge in [0.25, 0.3) is 0 Å². The lowest BCUT2D eigenvalue weighted by Gasteiger charge is -2.24. The van der Waals surface area contributed by atoms with E-state index >= 15 is 0 Å². The molecular weight excluding hydrogens is 200 g/mol. The minimum absolute atomic E-state index is 0.638. The third kappa shape index (κ3) is 4.04. The average molecular weight is 226 g/mol. The van der Waals surface area contributed by atoms with Gasteiger partial charge in [-0.3, -0.25) is 0 Å². The molecule has 0 aromatic carbocycles. The summed E-state index contributed by atoms with van der Waals surface area (Å²) in [5.74, 6) is 0. The van der Waals surface area contributed by atoms with Gasteiger partial charge < -0.3 is 15.4 Å². The van der Waals surface area contributed by atoms with Crippen molar-refractivity contribution in [1.29, 1.82) is 0 Å². The second kappa shape index (κ2) is 6.58. The minimum atomic E-state index is 0.638. The van der Waals surface area contributed by atoms with Crippen LogP contribution in [0.3, 0.4) is 0 Å². The molecule has 2 saturated heterocycles. The fourth-order valence-electron chi connectivity index (χ4n) is 2.93. The second-order valence-corrected chi connectivity index (χ2v) is 5.34. The van der Waals surface area contributed by atoms with E-state index in [1.54, 1.807) is 0 Å². The summed E-state index contributed by atoms with van der Waals surface area (Å²) < 4.78 is 5.49. The molecule has 0 saturated carbocycles. The van der Waals surface area contributed by atoms with Crippen molar-refractivity contribution in [1.82, 2.24) is 10.6 Å². The molecule has 0 aromatic rings. The van der Waals surface area contributed by atoms with Gasteiger partial charge in [0.1, 0.15) is 0 Å². The molecule has 2 N–H and O–H groups in total. The molecule has 0 radical (unpaired) electrons. The van der Waals surface area contributed by atoms with Crippen LogP contribution in [0.15, 0.2) is 0 Å². The summed E-state index contributed by atoms with van der Waals surface area (Å²) in [5.41, 5.74) is 0. The van der Waals surface area contributed by atoms with Crippen LogP contribution in [-0.4, -0.2) is 37.9 Å². The van der Waals surface area contributed by atoms with E-state index in [1.165, 1.54) is 45.1 Å². The molecule has 0 spiro atoms. The van der Waals surface area contributed by atoms with Gasteiger partial charge >= 0.3 is 0 Å². The molecule has 2 fully saturated rings. The first kappa shape index (κ1) is 12.3. The maximum Gasteiger partial charge on any atom is 0.0480 e. The van der Waals surface area contributed by atoms with Crippen molar-refractivity contribution in [2.45, 2.75) is 63.6 Å². The van der Waals surface area contributed by atoms with Gasteiger partial charge in [-0.1, -0.05) is 0 Å². The van der Waals surface area contributed by atoms with E-state index in [0.717, 1.165) is 19.3 Å². The Bertz CT molecular complexity index is 184. The van der Waals surface area contributed by atoms with Gasteiger partial charge in [0.2, 0.25) is 0 Å². The first-order chi connectivity index (χ1) is 7.84. The summed E-state index contributed by atoms with van der Waals surface area (Å²) >= 11 is 0. The van der Waals surface area contributed by atoms with E-state index in [2.05, 4.69) is 17.6 Å². The summed E-state index contributed by atoms with van der Waals surface area (Å²) in [6.45, 7) is 5.43. The maximum absolute atomic E-state index is 5.49. The van der Waals surface area contributed by atoms with Crippen LogP contribution in [0.4, 0.5) is 0 Å². The highest BCUT2D eigenvalue weighted by atomic mass is 16.5. The van der Waals surface area contributed by atoms with Gasteiger partial charge in [-0.15, -0.1) is 0 Å². The average Bonchev–Trinajstić information content (AvgIpc) is 2.62. The van der Waals surface area contributed by atoms with Crippen LogP contribution in [0.5, 0.6) is 0 Å². The van der Waals surface area contributed by atoms with Crippen LogP contribution in [0.2, 0.25) is 0 Å². The quantitative estimate of drug-likeness (QED) is 0.765. The van der Waals surface area contributed by atoms with Crippen LogP contribution < -0.4 is 10.6 Å². The maximum atomic E-state index is 5.49. The predicted molar refractivity (Wildman–Crippen MR) is 66.7 cm³/mol. The van der Waals surface area contributed by atoms with E-state index in [0.29, 0.717) is 12.1 Å². The zero-order valence-corrected chi connectivity index (χ0v) is 10.5. The zero-order chi connectivity index (χ0) is 11.2. The predicted octanol–water partition coefficient (Wildman–Crippen LogP) is 1.68. The highest BCUT2D eigenvalue weighted by molar-refractivity contribution is 4.81. The number of nitrogens with one attached hydrogen (secondary N) is 2. The summed E-state index contributed by atoms with van der Waals surface area (Å²) in [7, 11) is 0. The topological polar surface area (TPSA) is 33.3 Å². The number of hydrogen-bond donors (Lipinski definition) is 2. The Morgan fingerprint density at radius 3 is 3.00 bits per heavy atom. The van der Waals surface area contributed by atoms with Crippen molar-refractivity contribution in [3.8, 4) is 0 Å². The molecule has 94 valence electrons. The van der Waals surface area contributed by atoms with Gasteiger partial charge in [0, 0.05) is 31.3 Å². The number of rotatable bonds is 4. The smallest absolute Gasteiger partial charge is 0.0480 e. The summed E-state index contributed by atoms with van der Waals surface area (Å²) in [4.78, 5) is 0. The molecule has 3 atom stereocenters. The second-order valence-electron chi connectivity index (χ2n) is 5.34.